The lowest BCUT2D eigenvalue weighted by atomic mass is 9.77. The molecule has 35 heavy (non-hydrogen) atoms. The lowest BCUT2D eigenvalue weighted by Crippen LogP contribution is -2.62. The third-order valence-corrected chi connectivity index (χ3v) is 8.48. The molecule has 0 aromatic carbocycles. The second-order valence-corrected chi connectivity index (χ2v) is 11.6. The van der Waals surface area contributed by atoms with Crippen molar-refractivity contribution in [2.24, 2.45) is 17.8 Å². The SMILES string of the molecule is CC(=O)O[C@H]1C(CC2O[C@@H](CCC=O)C[C@@H](C)[C@@H]2C)O[C@H]2C[C@H]3OC(C)(C)OCC[C@H]3O[C@H]2[C@@H]1C. The molecule has 4 fully saturated rings. The molecular formula is C27H44O8. The smallest absolute Gasteiger partial charge is 0.303 e. The van der Waals surface area contributed by atoms with E-state index in [0.717, 1.165) is 32.0 Å². The molecule has 8 nitrogen and oxygen atoms in total. The van der Waals surface area contributed by atoms with Crippen LogP contribution >= 0.6 is 0 Å². The van der Waals surface area contributed by atoms with E-state index in [1.54, 1.807) is 0 Å². The van der Waals surface area contributed by atoms with Crippen molar-refractivity contribution in [3.8, 4) is 0 Å². The highest BCUT2D eigenvalue weighted by molar-refractivity contribution is 5.66. The Morgan fingerprint density at radius 1 is 1.00 bits per heavy atom. The third kappa shape index (κ3) is 6.27. The minimum Gasteiger partial charge on any atom is -0.459 e. The van der Waals surface area contributed by atoms with Crippen molar-refractivity contribution in [3.63, 3.8) is 0 Å². The molecule has 0 N–H and O–H groups in total. The maximum Gasteiger partial charge on any atom is 0.303 e. The maximum atomic E-state index is 12.1. The van der Waals surface area contributed by atoms with Gasteiger partial charge in [0.05, 0.1) is 49.3 Å². The molecule has 0 spiro atoms. The van der Waals surface area contributed by atoms with Crippen LogP contribution in [0.2, 0.25) is 0 Å². The number of hydrogen-bond acceptors (Lipinski definition) is 8. The highest BCUT2D eigenvalue weighted by Crippen LogP contribution is 2.43. The van der Waals surface area contributed by atoms with Crippen molar-refractivity contribution >= 4 is 12.3 Å². The topological polar surface area (TPSA) is 89.5 Å². The molecule has 4 rings (SSSR count). The summed E-state index contributed by atoms with van der Waals surface area (Å²) in [7, 11) is 0. The standard InChI is InChI=1S/C27H44O8/c1-15-12-19(8-7-10-28)32-21(16(15)2)13-23-25(31-18(4)29)17(3)26-24(33-23)14-22-20(34-26)9-11-30-27(5,6)35-22/h10,15-17,19-26H,7-9,11-14H2,1-6H3/t15-,16+,17-,19+,20-,21?,22-,23?,24+,25-,26+/m1/s1. The van der Waals surface area contributed by atoms with Gasteiger partial charge in [-0.3, -0.25) is 4.79 Å². The van der Waals surface area contributed by atoms with Gasteiger partial charge in [0.15, 0.2) is 5.79 Å². The number of fused-ring (bicyclic) bond motifs is 2. The average molecular weight is 497 g/mol. The van der Waals surface area contributed by atoms with Gasteiger partial charge < -0.3 is 33.2 Å². The van der Waals surface area contributed by atoms with Crippen molar-refractivity contribution < 1.29 is 38.0 Å². The molecular weight excluding hydrogens is 452 g/mol. The molecule has 200 valence electrons. The van der Waals surface area contributed by atoms with E-state index in [2.05, 4.69) is 20.8 Å². The van der Waals surface area contributed by atoms with E-state index in [4.69, 9.17) is 28.4 Å². The molecule has 0 aromatic heterocycles. The zero-order chi connectivity index (χ0) is 25.3. The van der Waals surface area contributed by atoms with E-state index in [1.165, 1.54) is 6.92 Å². The van der Waals surface area contributed by atoms with Crippen LogP contribution in [0.25, 0.3) is 0 Å². The van der Waals surface area contributed by atoms with Gasteiger partial charge in [-0.25, -0.2) is 0 Å². The second-order valence-electron chi connectivity index (χ2n) is 11.6. The molecule has 8 heteroatoms. The predicted molar refractivity (Wildman–Crippen MR) is 128 cm³/mol. The van der Waals surface area contributed by atoms with Gasteiger partial charge in [-0.1, -0.05) is 20.8 Å². The third-order valence-electron chi connectivity index (χ3n) is 8.48. The molecule has 4 heterocycles. The van der Waals surface area contributed by atoms with Gasteiger partial charge in [-0.15, -0.1) is 0 Å². The van der Waals surface area contributed by atoms with Crippen molar-refractivity contribution in [3.05, 3.63) is 0 Å². The number of ether oxygens (including phenoxy) is 6. The Balaban J connectivity index is 1.51. The van der Waals surface area contributed by atoms with Crippen LogP contribution in [0.5, 0.6) is 0 Å². The van der Waals surface area contributed by atoms with Gasteiger partial charge in [0.1, 0.15) is 12.4 Å². The molecule has 2 unspecified atom stereocenters. The van der Waals surface area contributed by atoms with E-state index in [1.807, 2.05) is 13.8 Å². The molecule has 0 aliphatic carbocycles. The Morgan fingerprint density at radius 2 is 1.77 bits per heavy atom. The zero-order valence-electron chi connectivity index (χ0n) is 22.1. The summed E-state index contributed by atoms with van der Waals surface area (Å²) in [5.41, 5.74) is 0. The number of carbonyl (C=O) groups is 2. The number of aldehydes is 1. The summed E-state index contributed by atoms with van der Waals surface area (Å²) >= 11 is 0. The van der Waals surface area contributed by atoms with Gasteiger partial charge in [-0.05, 0) is 44.9 Å². The Morgan fingerprint density at radius 3 is 2.49 bits per heavy atom. The normalized spacial score (nSPS) is 45.5. The summed E-state index contributed by atoms with van der Waals surface area (Å²) < 4.78 is 37.7. The summed E-state index contributed by atoms with van der Waals surface area (Å²) in [4.78, 5) is 23.0. The first-order chi connectivity index (χ1) is 16.6. The summed E-state index contributed by atoms with van der Waals surface area (Å²) in [6.45, 7) is 12.5. The van der Waals surface area contributed by atoms with Crippen LogP contribution in [0.1, 0.15) is 80.1 Å². The Kier molecular flexibility index (Phi) is 8.58. The van der Waals surface area contributed by atoms with Crippen molar-refractivity contribution in [2.75, 3.05) is 6.61 Å². The van der Waals surface area contributed by atoms with Gasteiger partial charge >= 0.3 is 5.97 Å². The van der Waals surface area contributed by atoms with E-state index in [-0.39, 0.29) is 54.6 Å². The molecule has 0 bridgehead atoms. The predicted octanol–water partition coefficient (Wildman–Crippen LogP) is 3.82. The molecule has 4 aliphatic heterocycles. The summed E-state index contributed by atoms with van der Waals surface area (Å²) in [5, 5.41) is 0. The first-order valence-electron chi connectivity index (χ1n) is 13.5. The highest BCUT2D eigenvalue weighted by atomic mass is 16.7. The van der Waals surface area contributed by atoms with Gasteiger partial charge in [-0.2, -0.15) is 0 Å². The van der Waals surface area contributed by atoms with Crippen LogP contribution in [0.4, 0.5) is 0 Å². The van der Waals surface area contributed by atoms with Crippen LogP contribution in [-0.2, 0) is 38.0 Å². The Bertz CT molecular complexity index is 741. The maximum absolute atomic E-state index is 12.1. The molecule has 4 aliphatic rings. The second kappa shape index (κ2) is 11.1. The summed E-state index contributed by atoms with van der Waals surface area (Å²) in [5.74, 6) is -0.180. The lowest BCUT2D eigenvalue weighted by Gasteiger charge is -2.51. The van der Waals surface area contributed by atoms with Gasteiger partial charge in [0.25, 0.3) is 0 Å². The first-order valence-corrected chi connectivity index (χ1v) is 13.5. The minimum atomic E-state index is -0.659. The van der Waals surface area contributed by atoms with Crippen LogP contribution < -0.4 is 0 Å². The molecule has 4 saturated heterocycles. The van der Waals surface area contributed by atoms with Crippen LogP contribution in [-0.4, -0.2) is 73.5 Å². The van der Waals surface area contributed by atoms with E-state index in [0.29, 0.717) is 31.3 Å². The lowest BCUT2D eigenvalue weighted by molar-refractivity contribution is -0.297. The first kappa shape index (κ1) is 27.0. The average Bonchev–Trinajstić information content (AvgIpc) is 2.93. The largest absolute Gasteiger partial charge is 0.459 e. The fourth-order valence-electron chi connectivity index (χ4n) is 6.44. The number of carbonyl (C=O) groups excluding carboxylic acids is 2. The summed E-state index contributed by atoms with van der Waals surface area (Å²) in [6.07, 6.45) is 4.11. The van der Waals surface area contributed by atoms with Crippen LogP contribution in [0, 0.1) is 17.8 Å². The molecule has 0 saturated carbocycles. The van der Waals surface area contributed by atoms with E-state index < -0.39 is 11.9 Å². The fraction of sp³-hybridized carbons (Fsp3) is 0.926. The molecule has 0 aromatic rings. The van der Waals surface area contributed by atoms with Crippen molar-refractivity contribution in [1.82, 2.24) is 0 Å². The van der Waals surface area contributed by atoms with Crippen LogP contribution in [0.15, 0.2) is 0 Å². The number of hydrogen-bond donors (Lipinski definition) is 0. The zero-order valence-corrected chi connectivity index (χ0v) is 22.1. The summed E-state index contributed by atoms with van der Waals surface area (Å²) in [6, 6.07) is 0. The Labute approximate surface area is 209 Å². The van der Waals surface area contributed by atoms with Crippen molar-refractivity contribution in [2.45, 2.75) is 135 Å². The van der Waals surface area contributed by atoms with Crippen LogP contribution in [0.3, 0.4) is 0 Å². The fourth-order valence-corrected chi connectivity index (χ4v) is 6.44. The van der Waals surface area contributed by atoms with E-state index in [9.17, 15) is 9.59 Å². The number of esters is 1. The monoisotopic (exact) mass is 496 g/mol. The van der Waals surface area contributed by atoms with E-state index >= 15 is 0 Å². The number of rotatable bonds is 6. The Hall–Kier alpha value is -1.06. The highest BCUT2D eigenvalue weighted by Gasteiger charge is 2.53. The molecule has 0 amide bonds. The quantitative estimate of drug-likeness (QED) is 0.405. The van der Waals surface area contributed by atoms with Crippen molar-refractivity contribution in [1.29, 1.82) is 0 Å². The van der Waals surface area contributed by atoms with Gasteiger partial charge in [0.2, 0.25) is 0 Å². The molecule has 0 radical (unpaired) electrons. The molecule has 11 atom stereocenters. The minimum absolute atomic E-state index is 0.0250. The van der Waals surface area contributed by atoms with Gasteiger partial charge in [0, 0.05) is 32.1 Å².